The second kappa shape index (κ2) is 8.17. The summed E-state index contributed by atoms with van der Waals surface area (Å²) >= 11 is 0. The third-order valence-corrected chi connectivity index (χ3v) is 6.07. The molecular formula is C26H31N. The second-order valence-electron chi connectivity index (χ2n) is 8.03. The van der Waals surface area contributed by atoms with Crippen molar-refractivity contribution in [3.63, 3.8) is 0 Å². The molecule has 0 fully saturated rings. The monoisotopic (exact) mass is 357 g/mol. The van der Waals surface area contributed by atoms with Gasteiger partial charge in [-0.05, 0) is 51.4 Å². The highest BCUT2D eigenvalue weighted by Gasteiger charge is 2.12. The predicted molar refractivity (Wildman–Crippen MR) is 121 cm³/mol. The van der Waals surface area contributed by atoms with Gasteiger partial charge < -0.3 is 5.73 Å². The van der Waals surface area contributed by atoms with Crippen molar-refractivity contribution in [2.75, 3.05) is 5.73 Å². The number of nitrogens with two attached hydrogens (primary N) is 1. The molecule has 0 aliphatic rings. The smallest absolute Gasteiger partial charge is 0.0426 e. The Morgan fingerprint density at radius 3 is 2.04 bits per heavy atom. The third-order valence-electron chi connectivity index (χ3n) is 6.07. The summed E-state index contributed by atoms with van der Waals surface area (Å²) < 4.78 is 0. The number of nitrogen functional groups attached to an aromatic ring is 1. The Labute approximate surface area is 162 Å². The Morgan fingerprint density at radius 1 is 0.667 bits per heavy atom. The van der Waals surface area contributed by atoms with Gasteiger partial charge in [-0.1, -0.05) is 94.3 Å². The van der Waals surface area contributed by atoms with Crippen LogP contribution < -0.4 is 5.73 Å². The number of unbranched alkanes of at least 4 members (excludes halogenated alkanes) is 7. The average molecular weight is 358 g/mol. The lowest BCUT2D eigenvalue weighted by molar-refractivity contribution is 0.576. The van der Waals surface area contributed by atoms with Gasteiger partial charge in [-0.2, -0.15) is 0 Å². The zero-order chi connectivity index (χ0) is 18.6. The van der Waals surface area contributed by atoms with Gasteiger partial charge in [0.05, 0.1) is 0 Å². The maximum absolute atomic E-state index is 6.62. The van der Waals surface area contributed by atoms with E-state index in [-0.39, 0.29) is 0 Å². The molecule has 0 amide bonds. The summed E-state index contributed by atoms with van der Waals surface area (Å²) in [6.45, 7) is 2.28. The Morgan fingerprint density at radius 2 is 1.30 bits per heavy atom. The number of benzene rings is 4. The van der Waals surface area contributed by atoms with Gasteiger partial charge in [-0.15, -0.1) is 0 Å². The van der Waals surface area contributed by atoms with Crippen molar-refractivity contribution in [1.82, 2.24) is 0 Å². The molecule has 4 aromatic rings. The van der Waals surface area contributed by atoms with Crippen LogP contribution in [-0.4, -0.2) is 0 Å². The van der Waals surface area contributed by atoms with Crippen LogP contribution in [0.3, 0.4) is 0 Å². The molecule has 0 aliphatic carbocycles. The van der Waals surface area contributed by atoms with Crippen molar-refractivity contribution < 1.29 is 0 Å². The molecule has 140 valence electrons. The number of hydrogen-bond donors (Lipinski definition) is 1. The quantitative estimate of drug-likeness (QED) is 0.184. The molecule has 4 aromatic carbocycles. The molecule has 0 saturated heterocycles. The van der Waals surface area contributed by atoms with Crippen molar-refractivity contribution in [3.05, 3.63) is 54.1 Å². The van der Waals surface area contributed by atoms with Crippen LogP contribution in [0.1, 0.15) is 63.9 Å². The van der Waals surface area contributed by atoms with Gasteiger partial charge in [-0.25, -0.2) is 0 Å². The van der Waals surface area contributed by atoms with Crippen LogP contribution in [0, 0.1) is 0 Å². The van der Waals surface area contributed by atoms with E-state index in [1.807, 2.05) is 0 Å². The number of anilines is 1. The molecule has 0 radical (unpaired) electrons. The minimum Gasteiger partial charge on any atom is -0.398 e. The molecule has 1 nitrogen and oxygen atoms in total. The van der Waals surface area contributed by atoms with Gasteiger partial charge >= 0.3 is 0 Å². The molecule has 0 heterocycles. The molecule has 4 rings (SSSR count). The lowest BCUT2D eigenvalue weighted by atomic mass is 9.90. The first-order valence-electron chi connectivity index (χ1n) is 10.7. The molecule has 0 unspecified atom stereocenters. The summed E-state index contributed by atoms with van der Waals surface area (Å²) in [5, 5.41) is 7.87. The van der Waals surface area contributed by atoms with Crippen molar-refractivity contribution in [3.8, 4) is 0 Å². The van der Waals surface area contributed by atoms with Crippen LogP contribution in [0.4, 0.5) is 5.69 Å². The fourth-order valence-corrected chi connectivity index (χ4v) is 4.55. The fourth-order valence-electron chi connectivity index (χ4n) is 4.55. The van der Waals surface area contributed by atoms with Crippen LogP contribution in [0.5, 0.6) is 0 Å². The van der Waals surface area contributed by atoms with E-state index in [1.54, 1.807) is 0 Å². The van der Waals surface area contributed by atoms with Gasteiger partial charge in [0.1, 0.15) is 0 Å². The van der Waals surface area contributed by atoms with Crippen LogP contribution >= 0.6 is 0 Å². The van der Waals surface area contributed by atoms with Crippen molar-refractivity contribution in [1.29, 1.82) is 0 Å². The van der Waals surface area contributed by atoms with E-state index in [1.165, 1.54) is 89.2 Å². The Kier molecular flexibility index (Phi) is 5.48. The third kappa shape index (κ3) is 3.60. The van der Waals surface area contributed by atoms with E-state index in [4.69, 9.17) is 5.73 Å². The van der Waals surface area contributed by atoms with Crippen molar-refractivity contribution in [2.24, 2.45) is 0 Å². The largest absolute Gasteiger partial charge is 0.398 e. The first-order valence-corrected chi connectivity index (χ1v) is 10.7. The molecular weight excluding hydrogens is 326 g/mol. The number of rotatable bonds is 9. The predicted octanol–water partition coefficient (Wildman–Crippen LogP) is 7.85. The van der Waals surface area contributed by atoms with E-state index in [9.17, 15) is 0 Å². The van der Waals surface area contributed by atoms with Gasteiger partial charge in [0, 0.05) is 11.1 Å². The van der Waals surface area contributed by atoms with Gasteiger partial charge in [0.2, 0.25) is 0 Å². The van der Waals surface area contributed by atoms with E-state index >= 15 is 0 Å². The topological polar surface area (TPSA) is 26.0 Å². The summed E-state index contributed by atoms with van der Waals surface area (Å²) in [6.07, 6.45) is 11.9. The zero-order valence-electron chi connectivity index (χ0n) is 16.6. The summed E-state index contributed by atoms with van der Waals surface area (Å²) in [4.78, 5) is 0. The van der Waals surface area contributed by atoms with Crippen LogP contribution in [0.15, 0.2) is 48.5 Å². The molecule has 0 bridgehead atoms. The molecule has 0 saturated carbocycles. The molecule has 0 aromatic heterocycles. The van der Waals surface area contributed by atoms with Crippen molar-refractivity contribution >= 4 is 38.0 Å². The highest BCUT2D eigenvalue weighted by atomic mass is 14.6. The van der Waals surface area contributed by atoms with E-state index in [0.29, 0.717) is 0 Å². The van der Waals surface area contributed by atoms with Crippen molar-refractivity contribution in [2.45, 2.75) is 64.7 Å². The highest BCUT2D eigenvalue weighted by Crippen LogP contribution is 2.38. The van der Waals surface area contributed by atoms with E-state index in [2.05, 4.69) is 55.5 Å². The Bertz CT molecular complexity index is 1010. The molecule has 0 aliphatic heterocycles. The highest BCUT2D eigenvalue weighted by molar-refractivity contribution is 6.25. The summed E-state index contributed by atoms with van der Waals surface area (Å²) in [5.74, 6) is 0. The fraction of sp³-hybridized carbons (Fsp3) is 0.385. The molecule has 0 spiro atoms. The minimum atomic E-state index is 0.990. The molecule has 1 heteroatoms. The Hall–Kier alpha value is -2.28. The summed E-state index contributed by atoms with van der Waals surface area (Å²) in [6, 6.07) is 17.8. The first-order chi connectivity index (χ1) is 13.3. The SMILES string of the molecule is CCCCCCCCCCc1cc2ccc3cccc4ccc(c1N)c2c34. The summed E-state index contributed by atoms with van der Waals surface area (Å²) in [5.41, 5.74) is 8.94. The van der Waals surface area contributed by atoms with Gasteiger partial charge in [-0.3, -0.25) is 0 Å². The maximum Gasteiger partial charge on any atom is 0.0426 e. The molecule has 2 N–H and O–H groups in total. The summed E-state index contributed by atoms with van der Waals surface area (Å²) in [7, 11) is 0. The first kappa shape index (κ1) is 18.1. The Balaban J connectivity index is 1.52. The standard InChI is InChI=1S/C26H31N/c1-2-3-4-5-6-7-8-9-11-22-18-21-15-14-19-12-10-13-20-16-17-23(26(22)27)25(21)24(19)20/h10,12-18H,2-9,11,27H2,1H3. The minimum absolute atomic E-state index is 0.990. The lowest BCUT2D eigenvalue weighted by Gasteiger charge is -2.15. The van der Waals surface area contributed by atoms with Gasteiger partial charge in [0.15, 0.2) is 0 Å². The van der Waals surface area contributed by atoms with Crippen LogP contribution in [-0.2, 0) is 6.42 Å². The second-order valence-corrected chi connectivity index (χ2v) is 8.03. The number of hydrogen-bond acceptors (Lipinski definition) is 1. The lowest BCUT2D eigenvalue weighted by Crippen LogP contribution is -1.98. The van der Waals surface area contributed by atoms with Crippen LogP contribution in [0.25, 0.3) is 32.3 Å². The molecule has 27 heavy (non-hydrogen) atoms. The zero-order valence-corrected chi connectivity index (χ0v) is 16.6. The normalized spacial score (nSPS) is 11.9. The van der Waals surface area contributed by atoms with Gasteiger partial charge in [0.25, 0.3) is 0 Å². The number of aryl methyl sites for hydroxylation is 1. The average Bonchev–Trinajstić information content (AvgIpc) is 2.70. The molecule has 0 atom stereocenters. The van der Waals surface area contributed by atoms with Crippen LogP contribution in [0.2, 0.25) is 0 Å². The van der Waals surface area contributed by atoms with E-state index in [0.717, 1.165) is 12.1 Å². The maximum atomic E-state index is 6.62. The van der Waals surface area contributed by atoms with E-state index < -0.39 is 0 Å².